The SMILES string of the molecule is CCOC(=O)/C=C(/OCC)c1ccc2c(c1)S(=O)(=O)N=C(c1c(O)c3ccccc3n(CCC(C)C)c1=O)N2. The number of carbonyl (C=O) groups is 1. The molecule has 206 valence electrons. The van der Waals surface area contributed by atoms with Crippen LogP contribution in [0, 0.1) is 5.92 Å². The summed E-state index contributed by atoms with van der Waals surface area (Å²) < 4.78 is 42.6. The molecular formula is C28H31N3O7S. The zero-order valence-corrected chi connectivity index (χ0v) is 23.0. The Morgan fingerprint density at radius 1 is 1.13 bits per heavy atom. The number of ether oxygens (including phenoxy) is 2. The van der Waals surface area contributed by atoms with Gasteiger partial charge < -0.3 is 24.5 Å². The second-order valence-corrected chi connectivity index (χ2v) is 10.9. The smallest absolute Gasteiger partial charge is 0.334 e. The van der Waals surface area contributed by atoms with E-state index in [1.54, 1.807) is 44.2 Å². The van der Waals surface area contributed by atoms with E-state index in [1.165, 1.54) is 16.7 Å². The quantitative estimate of drug-likeness (QED) is 0.228. The number of para-hydroxylation sites is 1. The molecule has 0 amide bonds. The van der Waals surface area contributed by atoms with E-state index in [0.29, 0.717) is 35.3 Å². The molecule has 0 atom stereocenters. The number of aryl methyl sites for hydroxylation is 1. The highest BCUT2D eigenvalue weighted by atomic mass is 32.2. The van der Waals surface area contributed by atoms with E-state index >= 15 is 0 Å². The molecule has 0 spiro atoms. The van der Waals surface area contributed by atoms with Gasteiger partial charge in [-0.05, 0) is 56.5 Å². The second kappa shape index (κ2) is 11.3. The first-order valence-corrected chi connectivity index (χ1v) is 14.1. The fraction of sp³-hybridized carbons (Fsp3) is 0.321. The Morgan fingerprint density at radius 2 is 1.85 bits per heavy atom. The number of sulfonamides is 1. The van der Waals surface area contributed by atoms with Crippen molar-refractivity contribution in [3.63, 3.8) is 0 Å². The lowest BCUT2D eigenvalue weighted by molar-refractivity contribution is -0.137. The number of nitrogens with one attached hydrogen (secondary N) is 1. The Morgan fingerprint density at radius 3 is 2.54 bits per heavy atom. The molecule has 1 aliphatic heterocycles. The van der Waals surface area contributed by atoms with Crippen LogP contribution in [0.1, 0.15) is 45.2 Å². The maximum Gasteiger partial charge on any atom is 0.334 e. The molecule has 39 heavy (non-hydrogen) atoms. The number of amidine groups is 1. The standard InChI is InChI=1S/C28H31N3O7S/c1-5-37-22(16-24(32)38-6-2)18-11-12-20-23(15-18)39(35,36)30-27(29-20)25-26(33)19-9-7-8-10-21(19)31(28(25)34)14-13-17(3)4/h7-12,15-17,33H,5-6,13-14H2,1-4H3,(H,29,30)/b22-16+. The molecule has 0 saturated heterocycles. The van der Waals surface area contributed by atoms with Crippen LogP contribution in [-0.2, 0) is 30.8 Å². The fourth-order valence-corrected chi connectivity index (χ4v) is 5.44. The van der Waals surface area contributed by atoms with Crippen LogP contribution >= 0.6 is 0 Å². The van der Waals surface area contributed by atoms with E-state index in [-0.39, 0.29) is 46.7 Å². The van der Waals surface area contributed by atoms with Gasteiger partial charge in [-0.15, -0.1) is 4.40 Å². The van der Waals surface area contributed by atoms with Gasteiger partial charge in [-0.25, -0.2) is 4.79 Å². The zero-order valence-electron chi connectivity index (χ0n) is 22.2. The lowest BCUT2D eigenvalue weighted by atomic mass is 10.1. The van der Waals surface area contributed by atoms with Crippen LogP contribution < -0.4 is 10.9 Å². The second-order valence-electron chi connectivity index (χ2n) is 9.32. The van der Waals surface area contributed by atoms with E-state index in [0.717, 1.165) is 6.08 Å². The topological polar surface area (TPSA) is 136 Å². The Labute approximate surface area is 226 Å². The van der Waals surface area contributed by atoms with E-state index in [2.05, 4.69) is 9.71 Å². The summed E-state index contributed by atoms with van der Waals surface area (Å²) in [6.45, 7) is 8.28. The number of rotatable bonds is 9. The van der Waals surface area contributed by atoms with Gasteiger partial charge in [0.25, 0.3) is 15.6 Å². The number of nitrogens with zero attached hydrogens (tertiary/aromatic N) is 2. The summed E-state index contributed by atoms with van der Waals surface area (Å²) in [5.41, 5.74) is 0.261. The first kappa shape index (κ1) is 27.9. The minimum Gasteiger partial charge on any atom is -0.506 e. The van der Waals surface area contributed by atoms with Crippen molar-refractivity contribution in [2.75, 3.05) is 18.5 Å². The first-order chi connectivity index (χ1) is 18.6. The fourth-order valence-electron chi connectivity index (χ4n) is 4.29. The van der Waals surface area contributed by atoms with Gasteiger partial charge >= 0.3 is 5.97 Å². The van der Waals surface area contributed by atoms with Crippen LogP contribution in [0.5, 0.6) is 5.75 Å². The maximum absolute atomic E-state index is 13.6. The van der Waals surface area contributed by atoms with Gasteiger partial charge in [-0.1, -0.05) is 26.0 Å². The number of aromatic nitrogens is 1. The average Bonchev–Trinajstić information content (AvgIpc) is 2.88. The lowest BCUT2D eigenvalue weighted by Gasteiger charge is -2.21. The number of carbonyl (C=O) groups excluding carboxylic acids is 1. The summed E-state index contributed by atoms with van der Waals surface area (Å²) in [4.78, 5) is 25.5. The summed E-state index contributed by atoms with van der Waals surface area (Å²) in [6.07, 6.45) is 1.86. The molecule has 10 nitrogen and oxygen atoms in total. The number of esters is 1. The number of pyridine rings is 1. The molecular weight excluding hydrogens is 522 g/mol. The third-order valence-electron chi connectivity index (χ3n) is 6.16. The first-order valence-electron chi connectivity index (χ1n) is 12.7. The predicted octanol–water partition coefficient (Wildman–Crippen LogP) is 4.25. The Kier molecular flexibility index (Phi) is 8.10. The van der Waals surface area contributed by atoms with Crippen molar-refractivity contribution in [3.8, 4) is 5.75 Å². The van der Waals surface area contributed by atoms with Crippen LogP contribution in [-0.4, -0.2) is 43.1 Å². The zero-order chi connectivity index (χ0) is 28.3. The summed E-state index contributed by atoms with van der Waals surface area (Å²) in [5, 5.41) is 14.4. The molecule has 0 unspecified atom stereocenters. The third kappa shape index (κ3) is 5.68. The summed E-state index contributed by atoms with van der Waals surface area (Å²) >= 11 is 0. The predicted molar refractivity (Wildman–Crippen MR) is 149 cm³/mol. The Hall–Kier alpha value is -4.12. The number of aromatic hydroxyl groups is 1. The molecule has 1 aromatic heterocycles. The molecule has 2 aromatic carbocycles. The van der Waals surface area contributed by atoms with Crippen LogP contribution in [0.2, 0.25) is 0 Å². The van der Waals surface area contributed by atoms with Crippen molar-refractivity contribution in [3.05, 3.63) is 70.0 Å². The van der Waals surface area contributed by atoms with E-state index < -0.39 is 21.6 Å². The highest BCUT2D eigenvalue weighted by Gasteiger charge is 2.30. The van der Waals surface area contributed by atoms with Gasteiger partial charge in [0.15, 0.2) is 5.84 Å². The molecule has 0 aliphatic carbocycles. The molecule has 0 bridgehead atoms. The number of hydrogen-bond donors (Lipinski definition) is 2. The molecule has 2 heterocycles. The van der Waals surface area contributed by atoms with Gasteiger partial charge in [0, 0.05) is 17.5 Å². The minimum absolute atomic E-state index is 0.143. The van der Waals surface area contributed by atoms with Crippen molar-refractivity contribution in [2.24, 2.45) is 10.3 Å². The van der Waals surface area contributed by atoms with Gasteiger partial charge in [0.1, 0.15) is 22.0 Å². The largest absolute Gasteiger partial charge is 0.506 e. The molecule has 0 radical (unpaired) electrons. The highest BCUT2D eigenvalue weighted by Crippen LogP contribution is 2.34. The Balaban J connectivity index is 1.83. The van der Waals surface area contributed by atoms with Crippen LogP contribution in [0.25, 0.3) is 16.7 Å². The van der Waals surface area contributed by atoms with Crippen molar-refractivity contribution in [2.45, 2.75) is 45.6 Å². The molecule has 0 saturated carbocycles. The van der Waals surface area contributed by atoms with Crippen LogP contribution in [0.4, 0.5) is 5.69 Å². The lowest BCUT2D eigenvalue weighted by Crippen LogP contribution is -2.33. The summed E-state index contributed by atoms with van der Waals surface area (Å²) in [6, 6.07) is 11.3. The number of fused-ring (bicyclic) bond motifs is 2. The van der Waals surface area contributed by atoms with Crippen molar-refractivity contribution < 1.29 is 27.8 Å². The molecule has 2 N–H and O–H groups in total. The van der Waals surface area contributed by atoms with Crippen LogP contribution in [0.3, 0.4) is 0 Å². The maximum atomic E-state index is 13.6. The van der Waals surface area contributed by atoms with Crippen molar-refractivity contribution in [1.29, 1.82) is 0 Å². The molecule has 4 rings (SSSR count). The van der Waals surface area contributed by atoms with Gasteiger partial charge in [-0.2, -0.15) is 8.42 Å². The minimum atomic E-state index is -4.31. The number of hydrogen-bond acceptors (Lipinski definition) is 8. The molecule has 0 fully saturated rings. The Bertz CT molecular complexity index is 1650. The van der Waals surface area contributed by atoms with Crippen LogP contribution in [0.15, 0.2) is 62.6 Å². The van der Waals surface area contributed by atoms with Gasteiger partial charge in [0.2, 0.25) is 0 Å². The average molecular weight is 554 g/mol. The molecule has 11 heteroatoms. The van der Waals surface area contributed by atoms with E-state index in [4.69, 9.17) is 9.47 Å². The third-order valence-corrected chi connectivity index (χ3v) is 7.47. The van der Waals surface area contributed by atoms with Crippen molar-refractivity contribution in [1.82, 2.24) is 4.57 Å². The summed E-state index contributed by atoms with van der Waals surface area (Å²) in [5.74, 6) is -0.786. The molecule has 3 aromatic rings. The van der Waals surface area contributed by atoms with E-state index in [9.17, 15) is 23.1 Å². The summed E-state index contributed by atoms with van der Waals surface area (Å²) in [7, 11) is -4.31. The van der Waals surface area contributed by atoms with E-state index in [1.807, 2.05) is 13.8 Å². The molecule has 1 aliphatic rings. The number of anilines is 1. The van der Waals surface area contributed by atoms with Crippen molar-refractivity contribution >= 4 is 44.2 Å². The monoisotopic (exact) mass is 553 g/mol. The normalized spacial score (nSPS) is 14.5. The van der Waals surface area contributed by atoms with Gasteiger partial charge in [0.05, 0.1) is 30.5 Å². The van der Waals surface area contributed by atoms with Gasteiger partial charge in [-0.3, -0.25) is 4.79 Å². The number of benzene rings is 2. The highest BCUT2D eigenvalue weighted by molar-refractivity contribution is 7.90.